The van der Waals surface area contributed by atoms with E-state index in [1.165, 1.54) is 11.1 Å². The molecule has 1 aromatic heterocycles. The number of alkyl halides is 3. The first-order valence-corrected chi connectivity index (χ1v) is 11.7. The maximum Gasteiger partial charge on any atom is 0.490 e. The Bertz CT molecular complexity index is 1160. The van der Waals surface area contributed by atoms with Crippen molar-refractivity contribution in [2.24, 2.45) is 0 Å². The first-order valence-electron chi connectivity index (χ1n) is 11.7. The lowest BCUT2D eigenvalue weighted by Crippen LogP contribution is -2.31. The van der Waals surface area contributed by atoms with E-state index >= 15 is 0 Å². The highest BCUT2D eigenvalue weighted by atomic mass is 19.4. The van der Waals surface area contributed by atoms with Crippen LogP contribution in [0.3, 0.4) is 0 Å². The van der Waals surface area contributed by atoms with Crippen LogP contribution in [0.2, 0.25) is 0 Å². The normalized spacial score (nSPS) is 14.6. The molecule has 2 N–H and O–H groups in total. The summed E-state index contributed by atoms with van der Waals surface area (Å²) in [6.45, 7) is 4.48. The molecule has 2 heterocycles. The molecular weight excluding hydrogens is 491 g/mol. The van der Waals surface area contributed by atoms with Crippen LogP contribution in [-0.2, 0) is 22.5 Å². The van der Waals surface area contributed by atoms with Crippen LogP contribution in [0, 0.1) is 0 Å². The summed E-state index contributed by atoms with van der Waals surface area (Å²) in [4.78, 5) is 21.4. The monoisotopic (exact) mass is 519 g/mol. The molecule has 0 saturated carbocycles. The van der Waals surface area contributed by atoms with E-state index in [1.54, 1.807) is 12.1 Å². The molecule has 1 unspecified atom stereocenters. The zero-order valence-electron chi connectivity index (χ0n) is 20.2. The Labute approximate surface area is 212 Å². The number of carbonyl (C=O) groups is 2. The number of carbonyl (C=O) groups excluding carboxylic acids is 1. The smallest absolute Gasteiger partial charge is 0.490 e. The summed E-state index contributed by atoms with van der Waals surface area (Å²) in [6, 6.07) is 17.5. The lowest BCUT2D eigenvalue weighted by Gasteiger charge is -2.22. The lowest BCUT2D eigenvalue weighted by atomic mass is 10.1. The minimum absolute atomic E-state index is 0.128. The summed E-state index contributed by atoms with van der Waals surface area (Å²) < 4.78 is 45.2. The lowest BCUT2D eigenvalue weighted by molar-refractivity contribution is -0.192. The Kier molecular flexibility index (Phi) is 9.67. The molecule has 0 bridgehead atoms. The molecule has 1 atom stereocenters. The molecule has 4 rings (SSSR count). The number of aliphatic carboxylic acids is 1. The topological polar surface area (TPSA) is 103 Å². The summed E-state index contributed by atoms with van der Waals surface area (Å²) in [7, 11) is 0. The molecule has 0 saturated heterocycles. The molecule has 1 aliphatic rings. The van der Waals surface area contributed by atoms with Gasteiger partial charge in [-0.05, 0) is 48.2 Å². The fourth-order valence-corrected chi connectivity index (χ4v) is 3.55. The Morgan fingerprint density at radius 1 is 1.16 bits per heavy atom. The van der Waals surface area contributed by atoms with Crippen molar-refractivity contribution in [2.75, 3.05) is 19.8 Å². The third-order valence-electron chi connectivity index (χ3n) is 5.33. The van der Waals surface area contributed by atoms with Gasteiger partial charge in [-0.2, -0.15) is 18.3 Å². The fourth-order valence-electron chi connectivity index (χ4n) is 3.55. The van der Waals surface area contributed by atoms with Crippen LogP contribution in [0.5, 0.6) is 5.75 Å². The molecular formula is C26H28F3N3O5. The molecule has 37 heavy (non-hydrogen) atoms. The maximum absolute atomic E-state index is 12.5. The second-order valence-corrected chi connectivity index (χ2v) is 8.22. The Morgan fingerprint density at radius 3 is 2.46 bits per heavy atom. The number of amides is 1. The van der Waals surface area contributed by atoms with Crippen molar-refractivity contribution >= 4 is 11.9 Å². The third kappa shape index (κ3) is 8.35. The second kappa shape index (κ2) is 12.9. The van der Waals surface area contributed by atoms with Gasteiger partial charge in [0, 0.05) is 18.3 Å². The largest absolute Gasteiger partial charge is 0.494 e. The number of aromatic nitrogens is 2. The van der Waals surface area contributed by atoms with Gasteiger partial charge in [0.15, 0.2) is 0 Å². The van der Waals surface area contributed by atoms with Gasteiger partial charge in [0.2, 0.25) is 0 Å². The van der Waals surface area contributed by atoms with Crippen LogP contribution in [0.4, 0.5) is 13.2 Å². The molecule has 1 aliphatic heterocycles. The highest BCUT2D eigenvalue weighted by Crippen LogP contribution is 2.25. The predicted molar refractivity (Wildman–Crippen MR) is 128 cm³/mol. The molecule has 1 amide bonds. The van der Waals surface area contributed by atoms with Crippen LogP contribution in [0.1, 0.15) is 46.6 Å². The number of fused-ring (bicyclic) bond motifs is 1. The molecule has 11 heteroatoms. The number of hydrogen-bond acceptors (Lipinski definition) is 5. The number of nitrogens with one attached hydrogen (secondary N) is 1. The molecule has 0 radical (unpaired) electrons. The predicted octanol–water partition coefficient (Wildman–Crippen LogP) is 4.40. The van der Waals surface area contributed by atoms with Crippen LogP contribution in [0.25, 0.3) is 0 Å². The third-order valence-corrected chi connectivity index (χ3v) is 5.33. The molecule has 2 aromatic carbocycles. The average Bonchev–Trinajstić information content (AvgIpc) is 3.29. The molecule has 0 aliphatic carbocycles. The summed E-state index contributed by atoms with van der Waals surface area (Å²) in [5.41, 5.74) is 3.91. The van der Waals surface area contributed by atoms with Crippen molar-refractivity contribution in [3.63, 3.8) is 0 Å². The van der Waals surface area contributed by atoms with Gasteiger partial charge in [-0.3, -0.25) is 9.48 Å². The van der Waals surface area contributed by atoms with E-state index in [0.29, 0.717) is 25.3 Å². The Morgan fingerprint density at radius 2 is 1.84 bits per heavy atom. The molecule has 0 fully saturated rings. The van der Waals surface area contributed by atoms with Gasteiger partial charge in [-0.25, -0.2) is 4.79 Å². The van der Waals surface area contributed by atoms with Crippen molar-refractivity contribution in [1.82, 2.24) is 15.1 Å². The molecule has 8 nitrogen and oxygen atoms in total. The van der Waals surface area contributed by atoms with Crippen molar-refractivity contribution in [1.29, 1.82) is 0 Å². The van der Waals surface area contributed by atoms with E-state index in [9.17, 15) is 18.0 Å². The second-order valence-electron chi connectivity index (χ2n) is 8.22. The molecule has 198 valence electrons. The minimum Gasteiger partial charge on any atom is -0.494 e. The summed E-state index contributed by atoms with van der Waals surface area (Å²) in [5, 5.41) is 14.8. The number of rotatable bonds is 8. The van der Waals surface area contributed by atoms with Gasteiger partial charge in [-0.1, -0.05) is 37.3 Å². The number of halogens is 3. The first kappa shape index (κ1) is 27.7. The first-order chi connectivity index (χ1) is 17.7. The van der Waals surface area contributed by atoms with E-state index in [-0.39, 0.29) is 12.0 Å². The van der Waals surface area contributed by atoms with Gasteiger partial charge in [0.05, 0.1) is 25.5 Å². The van der Waals surface area contributed by atoms with E-state index in [1.807, 2.05) is 35.0 Å². The Balaban J connectivity index is 0.000000479. The van der Waals surface area contributed by atoms with Crippen molar-refractivity contribution in [3.05, 3.63) is 83.2 Å². The number of benzene rings is 2. The van der Waals surface area contributed by atoms with Crippen molar-refractivity contribution in [3.8, 4) is 5.75 Å². The van der Waals surface area contributed by atoms with Gasteiger partial charge in [0.1, 0.15) is 11.9 Å². The summed E-state index contributed by atoms with van der Waals surface area (Å²) in [6.07, 6.45) is -1.43. The van der Waals surface area contributed by atoms with Crippen LogP contribution < -0.4 is 10.1 Å². The van der Waals surface area contributed by atoms with Gasteiger partial charge in [-0.15, -0.1) is 0 Å². The number of carboxylic acid groups (broad SMARTS) is 1. The van der Waals surface area contributed by atoms with Crippen molar-refractivity contribution in [2.45, 2.75) is 38.6 Å². The fraction of sp³-hybridized carbons (Fsp3) is 0.346. The van der Waals surface area contributed by atoms with Crippen LogP contribution in [0.15, 0.2) is 60.8 Å². The van der Waals surface area contributed by atoms with Gasteiger partial charge in [0.25, 0.3) is 5.91 Å². The number of nitrogens with zero attached hydrogens (tertiary/aromatic N) is 2. The molecule has 0 spiro atoms. The van der Waals surface area contributed by atoms with Crippen molar-refractivity contribution < 1.29 is 37.3 Å². The standard InChI is InChI=1S/C24H27N3O3.C2HF3O2/c1-2-13-29-21-10-8-19(9-11-21)24(28)25-15-22-23-20(12-14-30-22)17-27(26-23)16-18-6-4-3-5-7-18;3-2(4,5)1(6)7/h3-11,17,22H,2,12-16H2,1H3,(H,25,28);(H,6,7). The van der Waals surface area contributed by atoms with E-state index in [4.69, 9.17) is 24.5 Å². The van der Waals surface area contributed by atoms with Crippen LogP contribution in [-0.4, -0.2) is 52.7 Å². The highest BCUT2D eigenvalue weighted by Gasteiger charge is 2.38. The Hall–Kier alpha value is -3.86. The highest BCUT2D eigenvalue weighted by molar-refractivity contribution is 5.94. The van der Waals surface area contributed by atoms with Gasteiger partial charge < -0.3 is 19.9 Å². The number of ether oxygens (including phenoxy) is 2. The zero-order chi connectivity index (χ0) is 26.8. The minimum atomic E-state index is -5.08. The zero-order valence-corrected chi connectivity index (χ0v) is 20.2. The van der Waals surface area contributed by atoms with Gasteiger partial charge >= 0.3 is 12.1 Å². The average molecular weight is 520 g/mol. The van der Waals surface area contributed by atoms with Crippen LogP contribution >= 0.6 is 0 Å². The number of hydrogen-bond donors (Lipinski definition) is 2. The quantitative estimate of drug-likeness (QED) is 0.458. The van der Waals surface area contributed by atoms with E-state index in [0.717, 1.165) is 30.8 Å². The number of carboxylic acids is 1. The molecule has 3 aromatic rings. The van der Waals surface area contributed by atoms with E-state index < -0.39 is 12.1 Å². The summed E-state index contributed by atoms with van der Waals surface area (Å²) >= 11 is 0. The maximum atomic E-state index is 12.5. The summed E-state index contributed by atoms with van der Waals surface area (Å²) in [5.74, 6) is -2.11. The SMILES string of the molecule is CCCOc1ccc(C(=O)NCC2OCCc3cn(Cc4ccccc4)nc32)cc1.O=C(O)C(F)(F)F. The van der Waals surface area contributed by atoms with E-state index in [2.05, 4.69) is 30.6 Å².